The summed E-state index contributed by atoms with van der Waals surface area (Å²) < 4.78 is 1.88. The van der Waals surface area contributed by atoms with Crippen molar-refractivity contribution in [2.24, 2.45) is 0 Å². The second-order valence-electron chi connectivity index (χ2n) is 13.9. The number of amides is 4. The Hall–Kier alpha value is -0.840. The number of hydrogen-bond donors (Lipinski definition) is 18. The highest BCUT2D eigenvalue weighted by atomic mass is 127. The molecule has 0 unspecified atom stereocenters. The Bertz CT molecular complexity index is 1920. The highest BCUT2D eigenvalue weighted by Crippen LogP contribution is 2.37. The van der Waals surface area contributed by atoms with E-state index in [4.69, 9.17) is 40.9 Å². The third-order valence-electron chi connectivity index (χ3n) is 9.03. The zero-order valence-electron chi connectivity index (χ0n) is 36.4. The first-order valence-electron chi connectivity index (χ1n) is 19.6. The summed E-state index contributed by atoms with van der Waals surface area (Å²) in [6, 6.07) is 0. The van der Waals surface area contributed by atoms with E-state index >= 15 is 0 Å². The molecule has 0 heterocycles. The van der Waals surface area contributed by atoms with E-state index in [0.717, 1.165) is 0 Å². The Morgan fingerprint density at radius 1 is 0.441 bits per heavy atom. The van der Waals surface area contributed by atoms with Crippen molar-refractivity contribution in [3.63, 3.8) is 0 Å². The van der Waals surface area contributed by atoms with E-state index < -0.39 is 97.6 Å². The van der Waals surface area contributed by atoms with Crippen molar-refractivity contribution in [3.8, 4) is 0 Å². The maximum Gasteiger partial charge on any atom is 0.337 e. The molecule has 4 amide bonds. The first kappa shape index (κ1) is 67.2. The highest BCUT2D eigenvalue weighted by molar-refractivity contribution is 14.1. The van der Waals surface area contributed by atoms with Crippen LogP contribution in [0.25, 0.3) is 0 Å². The predicted octanol–water partition coefficient (Wildman–Crippen LogP) is -1.15. The zero-order chi connectivity index (χ0) is 52.9. The molecular weight excluding hydrogens is 1590 g/mol. The molecule has 0 saturated heterocycles. The minimum atomic E-state index is -1.55. The van der Waals surface area contributed by atoms with Crippen LogP contribution in [0.1, 0.15) is 67.1 Å². The maximum atomic E-state index is 12.8. The first-order chi connectivity index (χ1) is 31.7. The van der Waals surface area contributed by atoms with Crippen LogP contribution in [-0.2, 0) is 9.59 Å². The van der Waals surface area contributed by atoms with Gasteiger partial charge in [0, 0.05) is 47.2 Å². The molecule has 68 heavy (non-hydrogen) atoms. The van der Waals surface area contributed by atoms with Gasteiger partial charge in [0.2, 0.25) is 11.8 Å². The van der Waals surface area contributed by atoms with Crippen LogP contribution in [0.5, 0.6) is 0 Å². The summed E-state index contributed by atoms with van der Waals surface area (Å²) in [7, 11) is 6.00. The number of hydrogen-bond acceptors (Lipinski definition) is 18. The molecule has 8 atom stereocenters. The third kappa shape index (κ3) is 19.9. The molecule has 0 saturated carbocycles. The number of rotatable bonds is 23. The summed E-state index contributed by atoms with van der Waals surface area (Å²) in [4.78, 5) is 74.2. The van der Waals surface area contributed by atoms with Gasteiger partial charge in [0.25, 0.3) is 11.8 Å². The van der Waals surface area contributed by atoms with Gasteiger partial charge in [-0.1, -0.05) is 0 Å². The molecule has 0 fully saturated rings. The molecule has 0 spiro atoms. The molecule has 2 aromatic rings. The number of carboxylic acid groups (broad SMARTS) is 2. The van der Waals surface area contributed by atoms with Crippen molar-refractivity contribution in [1.29, 1.82) is 0 Å². The molecule has 0 bridgehead atoms. The predicted molar refractivity (Wildman–Crippen MR) is 296 cm³/mol. The molecule has 0 aliphatic heterocycles. The SMILES string of the molecule is CNC(=O)c1c(I)c(NC(=O)CCCCC(=O)Nc2c(I)c(C(=O)O)c(I)c(C(=O)NC)c2I)c(I)c(C(=O)O)c1I.CNC[C@@H](O)[C@H](O)[C@@H](O)[C@@H](O)CO.CNC[C@@H](O)[C@H](O)[C@@H](O)[C@@H](O)CO. The number of aromatic carboxylic acids is 2. The number of carbonyl (C=O) groups is 6. The summed E-state index contributed by atoms with van der Waals surface area (Å²) in [5, 5.41) is 125. The van der Waals surface area contributed by atoms with Crippen LogP contribution in [0.2, 0.25) is 0 Å². The lowest BCUT2D eigenvalue weighted by Crippen LogP contribution is -2.48. The third-order valence-corrected chi connectivity index (χ3v) is 15.5. The number of halogens is 6. The number of nitrogens with one attached hydrogen (secondary N) is 6. The highest BCUT2D eigenvalue weighted by Gasteiger charge is 2.32. The van der Waals surface area contributed by atoms with Crippen LogP contribution >= 0.6 is 136 Å². The van der Waals surface area contributed by atoms with Gasteiger partial charge in [-0.15, -0.1) is 0 Å². The van der Waals surface area contributed by atoms with Crippen molar-refractivity contribution in [2.75, 3.05) is 65.1 Å². The van der Waals surface area contributed by atoms with Crippen molar-refractivity contribution in [2.45, 2.75) is 74.5 Å². The summed E-state index contributed by atoms with van der Waals surface area (Å²) in [5.41, 5.74) is 0.557. The Morgan fingerprint density at radius 3 is 0.941 bits per heavy atom. The quantitative estimate of drug-likeness (QED) is 0.0461. The standard InChI is InChI=1S/C24H20I6N4O8.2C7H17NO5/c1-31-21(37)9-13(25)11(23(39)40)17(29)19(15(9)27)33-7(35)5-3-4-6-8(36)34-20-16(28)10(22(38)32-2)14(26)12(18(20)30)24(41)42;2*1-8-2-4(10)6(12)7(13)5(11)3-9/h3-6H2,1-2H3,(H,31,37)(H,32,38)(H,33,35)(H,34,36)(H,39,40)(H,41,42);2*4-13H,2-3H2,1H3/t;2*4-,5+,6+,7+/m.11/s1. The number of anilines is 2. The fourth-order valence-electron chi connectivity index (χ4n) is 5.33. The molecule has 18 N–H and O–H groups in total. The van der Waals surface area contributed by atoms with Crippen molar-refractivity contribution in [3.05, 3.63) is 43.7 Å². The van der Waals surface area contributed by atoms with E-state index in [1.807, 2.05) is 90.4 Å². The van der Waals surface area contributed by atoms with E-state index in [2.05, 4.69) is 31.9 Å². The minimum Gasteiger partial charge on any atom is -0.478 e. The Balaban J connectivity index is 0.00000140. The number of benzene rings is 2. The second kappa shape index (κ2) is 33.8. The Kier molecular flexibility index (Phi) is 33.4. The van der Waals surface area contributed by atoms with Gasteiger partial charge in [-0.3, -0.25) is 19.2 Å². The van der Waals surface area contributed by atoms with Crippen LogP contribution < -0.4 is 31.9 Å². The molecule has 30 heteroatoms. The lowest BCUT2D eigenvalue weighted by Gasteiger charge is -2.25. The lowest BCUT2D eigenvalue weighted by atomic mass is 10.0. The monoisotopic (exact) mass is 1640 g/mol. The lowest BCUT2D eigenvalue weighted by molar-refractivity contribution is -0.118. The van der Waals surface area contributed by atoms with Crippen LogP contribution in [-0.4, -0.2) is 200 Å². The number of carbonyl (C=O) groups excluding carboxylic acids is 4. The van der Waals surface area contributed by atoms with Crippen LogP contribution in [0.15, 0.2) is 0 Å². The summed E-state index contributed by atoms with van der Waals surface area (Å²) in [6.07, 6.45) is -10.6. The van der Waals surface area contributed by atoms with Gasteiger partial charge in [0.05, 0.1) is 73.3 Å². The smallest absolute Gasteiger partial charge is 0.337 e. The van der Waals surface area contributed by atoms with Gasteiger partial charge in [-0.25, -0.2) is 9.59 Å². The summed E-state index contributed by atoms with van der Waals surface area (Å²) >= 11 is 11.0. The van der Waals surface area contributed by atoms with Gasteiger partial charge in [0.1, 0.15) is 36.6 Å². The van der Waals surface area contributed by atoms with Crippen molar-refractivity contribution in [1.82, 2.24) is 21.3 Å². The Morgan fingerprint density at radius 2 is 0.706 bits per heavy atom. The normalized spacial score (nSPS) is 14.5. The number of unbranched alkanes of at least 4 members (excludes halogenated alkanes) is 1. The average molecular weight is 1640 g/mol. The fraction of sp³-hybridized carbons (Fsp3) is 0.526. The summed E-state index contributed by atoms with van der Waals surface area (Å²) in [6.45, 7) is -1.14. The molecular formula is C38H54I6N6O18. The molecule has 0 radical (unpaired) electrons. The molecule has 24 nitrogen and oxygen atoms in total. The number of carboxylic acids is 2. The number of aliphatic hydroxyl groups excluding tert-OH is 10. The van der Waals surface area contributed by atoms with Gasteiger partial charge in [-0.2, -0.15) is 0 Å². The van der Waals surface area contributed by atoms with E-state index in [1.165, 1.54) is 14.1 Å². The molecule has 2 rings (SSSR count). The molecule has 0 aliphatic rings. The summed E-state index contributed by atoms with van der Waals surface area (Å²) in [5.74, 6) is -4.28. The minimum absolute atomic E-state index is 0.0196. The molecule has 0 aliphatic carbocycles. The van der Waals surface area contributed by atoms with Crippen LogP contribution in [0.3, 0.4) is 0 Å². The molecule has 2 aromatic carbocycles. The van der Waals surface area contributed by atoms with Crippen LogP contribution in [0.4, 0.5) is 11.4 Å². The van der Waals surface area contributed by atoms with Gasteiger partial charge < -0.3 is 93.2 Å². The van der Waals surface area contributed by atoms with E-state index in [-0.39, 0.29) is 73.8 Å². The van der Waals surface area contributed by atoms with Gasteiger partial charge >= 0.3 is 11.9 Å². The van der Waals surface area contributed by atoms with E-state index in [0.29, 0.717) is 20.0 Å². The topological polar surface area (TPSA) is 417 Å². The van der Waals surface area contributed by atoms with Gasteiger partial charge in [0.15, 0.2) is 0 Å². The average Bonchev–Trinajstić information content (AvgIpc) is 3.29. The van der Waals surface area contributed by atoms with Crippen LogP contribution in [0, 0.1) is 21.4 Å². The van der Waals surface area contributed by atoms with E-state index in [1.54, 1.807) is 59.3 Å². The largest absolute Gasteiger partial charge is 0.478 e. The Labute approximate surface area is 471 Å². The first-order valence-corrected chi connectivity index (χ1v) is 26.0. The number of likely N-dealkylation sites (N-methyl/N-ethyl adjacent to an activating group) is 2. The zero-order valence-corrected chi connectivity index (χ0v) is 49.3. The van der Waals surface area contributed by atoms with Gasteiger partial charge in [-0.05, 0) is 162 Å². The maximum absolute atomic E-state index is 12.8. The molecule has 386 valence electrons. The van der Waals surface area contributed by atoms with Crippen molar-refractivity contribution < 1.29 is 90.0 Å². The van der Waals surface area contributed by atoms with E-state index in [9.17, 15) is 49.2 Å². The second-order valence-corrected chi connectivity index (χ2v) is 20.4. The number of aliphatic hydroxyl groups is 10. The fourth-order valence-corrected chi connectivity index (χ4v) is 14.1. The molecule has 0 aromatic heterocycles. The van der Waals surface area contributed by atoms with Crippen molar-refractivity contribution >= 4 is 182 Å².